The zero-order valence-electron chi connectivity index (χ0n) is 9.62. The van der Waals surface area contributed by atoms with Crippen molar-refractivity contribution >= 4 is 11.8 Å². The minimum Gasteiger partial charge on any atom is -0.497 e. The Morgan fingerprint density at radius 3 is 2.73 bits per heavy atom. The predicted molar refractivity (Wildman–Crippen MR) is 66.7 cm³/mol. The molecule has 84 valence electrons. The van der Waals surface area contributed by atoms with Crippen molar-refractivity contribution < 1.29 is 4.74 Å². The van der Waals surface area contributed by atoms with E-state index in [9.17, 15) is 0 Å². The summed E-state index contributed by atoms with van der Waals surface area (Å²) in [6, 6.07) is 6.18. The van der Waals surface area contributed by atoms with Gasteiger partial charge in [0.05, 0.1) is 7.11 Å². The topological polar surface area (TPSA) is 35.2 Å². The molecule has 1 aromatic carbocycles. The van der Waals surface area contributed by atoms with Crippen LogP contribution >= 0.6 is 11.8 Å². The van der Waals surface area contributed by atoms with Crippen molar-refractivity contribution in [3.8, 4) is 5.75 Å². The normalized spacial score (nSPS) is 12.5. The lowest BCUT2D eigenvalue weighted by Crippen LogP contribution is -2.12. The molecule has 0 aromatic heterocycles. The van der Waals surface area contributed by atoms with Crippen LogP contribution in [0.2, 0.25) is 0 Å². The Morgan fingerprint density at radius 1 is 1.47 bits per heavy atom. The molecule has 0 aliphatic rings. The number of benzene rings is 1. The maximum absolute atomic E-state index is 5.59. The van der Waals surface area contributed by atoms with Gasteiger partial charge in [-0.15, -0.1) is 11.8 Å². The molecule has 0 amide bonds. The van der Waals surface area contributed by atoms with E-state index in [1.54, 1.807) is 7.11 Å². The summed E-state index contributed by atoms with van der Waals surface area (Å²) in [5.41, 5.74) is 6.85. The quantitative estimate of drug-likeness (QED) is 0.783. The van der Waals surface area contributed by atoms with Gasteiger partial charge in [0.2, 0.25) is 0 Å². The fourth-order valence-electron chi connectivity index (χ4n) is 1.21. The summed E-state index contributed by atoms with van der Waals surface area (Å²) in [6.07, 6.45) is 0. The van der Waals surface area contributed by atoms with Crippen LogP contribution in [-0.2, 0) is 0 Å². The lowest BCUT2D eigenvalue weighted by molar-refractivity contribution is 0.414. The molecule has 0 saturated heterocycles. The summed E-state index contributed by atoms with van der Waals surface area (Å²) in [4.78, 5) is 1.32. The summed E-state index contributed by atoms with van der Waals surface area (Å²) in [5.74, 6) is 2.56. The second-order valence-electron chi connectivity index (χ2n) is 3.78. The molecule has 0 bridgehead atoms. The highest BCUT2D eigenvalue weighted by Gasteiger charge is 2.04. The molecule has 0 spiro atoms. The summed E-state index contributed by atoms with van der Waals surface area (Å²) in [7, 11) is 1.69. The Morgan fingerprint density at radius 2 is 2.20 bits per heavy atom. The van der Waals surface area contributed by atoms with Crippen LogP contribution in [0.4, 0.5) is 0 Å². The standard InChI is InChI=1S/C12H19NOS/c1-9(7-13)8-15-12-5-4-11(14-3)6-10(12)2/h4-6,9H,7-8,13H2,1-3H3. The van der Waals surface area contributed by atoms with Crippen LogP contribution in [0.15, 0.2) is 23.1 Å². The van der Waals surface area contributed by atoms with Gasteiger partial charge >= 0.3 is 0 Å². The molecule has 0 aliphatic heterocycles. The molecule has 0 fully saturated rings. The maximum Gasteiger partial charge on any atom is 0.119 e. The van der Waals surface area contributed by atoms with Crippen LogP contribution in [0.3, 0.4) is 0 Å². The fraction of sp³-hybridized carbons (Fsp3) is 0.500. The third-order valence-corrected chi connectivity index (χ3v) is 3.81. The summed E-state index contributed by atoms with van der Waals surface area (Å²) >= 11 is 1.86. The van der Waals surface area contributed by atoms with Gasteiger partial charge in [-0.1, -0.05) is 6.92 Å². The number of ether oxygens (including phenoxy) is 1. The van der Waals surface area contributed by atoms with E-state index in [0.29, 0.717) is 5.92 Å². The third-order valence-electron chi connectivity index (χ3n) is 2.31. The molecule has 15 heavy (non-hydrogen) atoms. The molecule has 0 aliphatic carbocycles. The first kappa shape index (κ1) is 12.4. The van der Waals surface area contributed by atoms with Crippen LogP contribution in [0.25, 0.3) is 0 Å². The van der Waals surface area contributed by atoms with Crippen LogP contribution in [-0.4, -0.2) is 19.4 Å². The van der Waals surface area contributed by atoms with Gasteiger partial charge in [-0.2, -0.15) is 0 Å². The van der Waals surface area contributed by atoms with E-state index in [-0.39, 0.29) is 0 Å². The molecule has 0 heterocycles. The number of hydrogen-bond donors (Lipinski definition) is 1. The van der Waals surface area contributed by atoms with Gasteiger partial charge < -0.3 is 10.5 Å². The van der Waals surface area contributed by atoms with Crippen molar-refractivity contribution in [3.05, 3.63) is 23.8 Å². The van der Waals surface area contributed by atoms with Gasteiger partial charge in [-0.05, 0) is 43.1 Å². The molecule has 1 rings (SSSR count). The van der Waals surface area contributed by atoms with Gasteiger partial charge in [0.15, 0.2) is 0 Å². The Labute approximate surface area is 96.2 Å². The van der Waals surface area contributed by atoms with E-state index < -0.39 is 0 Å². The monoisotopic (exact) mass is 225 g/mol. The highest BCUT2D eigenvalue weighted by Crippen LogP contribution is 2.27. The maximum atomic E-state index is 5.59. The average Bonchev–Trinajstić information content (AvgIpc) is 2.26. The van der Waals surface area contributed by atoms with E-state index in [2.05, 4.69) is 26.0 Å². The number of rotatable bonds is 5. The van der Waals surface area contributed by atoms with Gasteiger partial charge in [-0.3, -0.25) is 0 Å². The number of methoxy groups -OCH3 is 1. The first-order valence-electron chi connectivity index (χ1n) is 5.15. The molecule has 2 N–H and O–H groups in total. The summed E-state index contributed by atoms with van der Waals surface area (Å²) in [6.45, 7) is 5.03. The van der Waals surface area contributed by atoms with Crippen molar-refractivity contribution in [1.82, 2.24) is 0 Å². The second-order valence-corrected chi connectivity index (χ2v) is 4.85. The van der Waals surface area contributed by atoms with Gasteiger partial charge in [0, 0.05) is 10.6 Å². The molecule has 3 heteroatoms. The van der Waals surface area contributed by atoms with Crippen molar-refractivity contribution in [1.29, 1.82) is 0 Å². The highest BCUT2D eigenvalue weighted by atomic mass is 32.2. The lowest BCUT2D eigenvalue weighted by Gasteiger charge is -2.10. The minimum absolute atomic E-state index is 0.566. The van der Waals surface area contributed by atoms with Crippen LogP contribution < -0.4 is 10.5 Å². The van der Waals surface area contributed by atoms with E-state index in [1.165, 1.54) is 10.5 Å². The fourth-order valence-corrected chi connectivity index (χ4v) is 2.26. The van der Waals surface area contributed by atoms with E-state index in [4.69, 9.17) is 10.5 Å². The Balaban J connectivity index is 2.62. The Hall–Kier alpha value is -0.670. The van der Waals surface area contributed by atoms with E-state index >= 15 is 0 Å². The van der Waals surface area contributed by atoms with Gasteiger partial charge in [0.1, 0.15) is 5.75 Å². The first-order valence-corrected chi connectivity index (χ1v) is 6.13. The van der Waals surface area contributed by atoms with Crippen molar-refractivity contribution in [2.24, 2.45) is 11.7 Å². The molecular weight excluding hydrogens is 206 g/mol. The van der Waals surface area contributed by atoms with Crippen molar-refractivity contribution in [2.45, 2.75) is 18.7 Å². The highest BCUT2D eigenvalue weighted by molar-refractivity contribution is 7.99. The van der Waals surface area contributed by atoms with Crippen molar-refractivity contribution in [2.75, 3.05) is 19.4 Å². The smallest absolute Gasteiger partial charge is 0.119 e. The van der Waals surface area contributed by atoms with Gasteiger partial charge in [0.25, 0.3) is 0 Å². The largest absolute Gasteiger partial charge is 0.497 e. The van der Waals surface area contributed by atoms with Crippen LogP contribution in [0, 0.1) is 12.8 Å². The zero-order chi connectivity index (χ0) is 11.3. The summed E-state index contributed by atoms with van der Waals surface area (Å²) < 4.78 is 5.17. The average molecular weight is 225 g/mol. The molecule has 2 nitrogen and oxygen atoms in total. The van der Waals surface area contributed by atoms with E-state index in [0.717, 1.165) is 18.0 Å². The number of nitrogens with two attached hydrogens (primary N) is 1. The zero-order valence-corrected chi connectivity index (χ0v) is 10.4. The Kier molecular flexibility index (Phi) is 4.99. The van der Waals surface area contributed by atoms with E-state index in [1.807, 2.05) is 17.8 Å². The molecular formula is C12H19NOS. The lowest BCUT2D eigenvalue weighted by atomic mass is 10.2. The SMILES string of the molecule is COc1ccc(SCC(C)CN)c(C)c1. The van der Waals surface area contributed by atoms with Crippen LogP contribution in [0.5, 0.6) is 5.75 Å². The summed E-state index contributed by atoms with van der Waals surface area (Å²) in [5, 5.41) is 0. The molecule has 0 saturated carbocycles. The molecule has 1 aromatic rings. The molecule has 1 atom stereocenters. The number of aryl methyl sites for hydroxylation is 1. The predicted octanol–water partition coefficient (Wildman–Crippen LogP) is 2.69. The second kappa shape index (κ2) is 6.03. The number of thioether (sulfide) groups is 1. The number of hydrogen-bond acceptors (Lipinski definition) is 3. The molecule has 1 unspecified atom stereocenters. The Bertz CT molecular complexity index is 314. The molecule has 0 radical (unpaired) electrons. The van der Waals surface area contributed by atoms with Crippen LogP contribution in [0.1, 0.15) is 12.5 Å². The minimum atomic E-state index is 0.566. The third kappa shape index (κ3) is 3.76. The first-order chi connectivity index (χ1) is 7.17. The van der Waals surface area contributed by atoms with Crippen molar-refractivity contribution in [3.63, 3.8) is 0 Å². The van der Waals surface area contributed by atoms with Gasteiger partial charge in [-0.25, -0.2) is 0 Å².